The van der Waals surface area contributed by atoms with Crippen molar-refractivity contribution in [1.82, 2.24) is 0 Å². The first-order chi connectivity index (χ1) is 32.6. The fourth-order valence-corrected chi connectivity index (χ4v) is 8.00. The molecule has 0 aliphatic heterocycles. The molecular formula is C61H108O5. The molecule has 0 radical (unpaired) electrons. The van der Waals surface area contributed by atoms with Crippen LogP contribution < -0.4 is 0 Å². The van der Waals surface area contributed by atoms with Crippen molar-refractivity contribution in [2.45, 2.75) is 284 Å². The van der Waals surface area contributed by atoms with Crippen molar-refractivity contribution in [3.8, 4) is 0 Å². The number of hydrogen-bond acceptors (Lipinski definition) is 5. The average Bonchev–Trinajstić information content (AvgIpc) is 3.32. The van der Waals surface area contributed by atoms with E-state index in [0.717, 1.165) is 83.5 Å². The van der Waals surface area contributed by atoms with Crippen LogP contribution in [0.4, 0.5) is 0 Å². The summed E-state index contributed by atoms with van der Waals surface area (Å²) in [6.45, 7) is 7.70. The van der Waals surface area contributed by atoms with Gasteiger partial charge in [-0.3, -0.25) is 9.59 Å². The number of unbranched alkanes of at least 4 members (excludes halogenated alkanes) is 29. The van der Waals surface area contributed by atoms with Crippen LogP contribution >= 0.6 is 0 Å². The van der Waals surface area contributed by atoms with Gasteiger partial charge in [-0.1, -0.05) is 248 Å². The molecule has 66 heavy (non-hydrogen) atoms. The van der Waals surface area contributed by atoms with E-state index in [1.807, 2.05) is 0 Å². The van der Waals surface area contributed by atoms with Gasteiger partial charge >= 0.3 is 11.9 Å². The van der Waals surface area contributed by atoms with Crippen LogP contribution in [0.15, 0.2) is 72.9 Å². The molecule has 0 spiro atoms. The molecule has 0 aromatic heterocycles. The van der Waals surface area contributed by atoms with E-state index in [9.17, 15) is 9.59 Å². The molecule has 0 N–H and O–H groups in total. The van der Waals surface area contributed by atoms with Crippen LogP contribution in [0, 0.1) is 0 Å². The number of ether oxygens (including phenoxy) is 3. The number of esters is 2. The third-order valence-electron chi connectivity index (χ3n) is 12.2. The van der Waals surface area contributed by atoms with E-state index in [4.69, 9.17) is 14.2 Å². The van der Waals surface area contributed by atoms with Gasteiger partial charge in [0.25, 0.3) is 0 Å². The molecule has 382 valence electrons. The van der Waals surface area contributed by atoms with Crippen LogP contribution in [-0.4, -0.2) is 37.9 Å². The molecule has 0 saturated heterocycles. The topological polar surface area (TPSA) is 61.8 Å². The van der Waals surface area contributed by atoms with E-state index >= 15 is 0 Å². The molecule has 0 bridgehead atoms. The Balaban J connectivity index is 4.25. The van der Waals surface area contributed by atoms with Crippen molar-refractivity contribution < 1.29 is 23.8 Å². The normalized spacial score (nSPS) is 12.7. The maximum absolute atomic E-state index is 12.8. The zero-order valence-electron chi connectivity index (χ0n) is 44.0. The molecule has 1 atom stereocenters. The van der Waals surface area contributed by atoms with Crippen molar-refractivity contribution in [2.24, 2.45) is 0 Å². The van der Waals surface area contributed by atoms with Crippen molar-refractivity contribution in [3.63, 3.8) is 0 Å². The molecule has 0 amide bonds. The molecular weight excluding hydrogens is 813 g/mol. The number of allylic oxidation sites excluding steroid dienone is 12. The summed E-state index contributed by atoms with van der Waals surface area (Å²) in [5.41, 5.74) is 0. The number of hydrogen-bond donors (Lipinski definition) is 0. The highest BCUT2D eigenvalue weighted by Crippen LogP contribution is 2.15. The van der Waals surface area contributed by atoms with E-state index in [1.165, 1.54) is 161 Å². The molecule has 5 nitrogen and oxygen atoms in total. The monoisotopic (exact) mass is 921 g/mol. The first-order valence-corrected chi connectivity index (χ1v) is 28.5. The van der Waals surface area contributed by atoms with Gasteiger partial charge < -0.3 is 14.2 Å². The van der Waals surface area contributed by atoms with Gasteiger partial charge in [0.2, 0.25) is 0 Å². The third kappa shape index (κ3) is 54.0. The van der Waals surface area contributed by atoms with Crippen LogP contribution in [0.5, 0.6) is 0 Å². The molecule has 0 aromatic carbocycles. The smallest absolute Gasteiger partial charge is 0.306 e. The summed E-state index contributed by atoms with van der Waals surface area (Å²) in [6.07, 6.45) is 73.5. The standard InChI is InChI=1S/C61H108O5/c1-4-7-10-13-16-19-22-24-26-28-30-32-34-36-38-41-44-47-50-53-56-64-57-59(66-61(63)55-52-49-46-43-39-21-18-15-12-9-6-3)58-65-60(62)54-51-48-45-42-40-37-35-33-31-29-27-25-23-20-17-14-11-8-5-2/h8,11,17,20,24-27,31,33,37,40,59H,4-7,9-10,12-16,18-19,21-23,28-30,32,34-36,38-39,41-58H2,1-3H3/b11-8-,20-17-,26-24-,27-25-,33-31-,40-37-. The molecule has 0 aliphatic carbocycles. The Hall–Kier alpha value is -2.66. The number of carbonyl (C=O) groups excluding carboxylic acids is 2. The summed E-state index contributed by atoms with van der Waals surface area (Å²) < 4.78 is 17.4. The maximum Gasteiger partial charge on any atom is 0.306 e. The molecule has 5 heteroatoms. The Kier molecular flexibility index (Phi) is 54.4. The van der Waals surface area contributed by atoms with Gasteiger partial charge in [-0.15, -0.1) is 0 Å². The largest absolute Gasteiger partial charge is 0.462 e. The molecule has 0 rings (SSSR count). The van der Waals surface area contributed by atoms with Crippen LogP contribution in [-0.2, 0) is 23.8 Å². The van der Waals surface area contributed by atoms with Crippen LogP contribution in [0.3, 0.4) is 0 Å². The Morgan fingerprint density at radius 1 is 0.348 bits per heavy atom. The Bertz CT molecular complexity index is 1180. The lowest BCUT2D eigenvalue weighted by Crippen LogP contribution is -2.30. The fraction of sp³-hybridized carbons (Fsp3) is 0.770. The highest BCUT2D eigenvalue weighted by atomic mass is 16.6. The maximum atomic E-state index is 12.8. The summed E-state index contributed by atoms with van der Waals surface area (Å²) in [6, 6.07) is 0. The predicted molar refractivity (Wildman–Crippen MR) is 288 cm³/mol. The number of rotatable bonds is 52. The first kappa shape index (κ1) is 63.3. The summed E-state index contributed by atoms with van der Waals surface area (Å²) in [4.78, 5) is 25.4. The molecule has 0 aliphatic rings. The van der Waals surface area contributed by atoms with Gasteiger partial charge in [-0.05, 0) is 89.9 Å². The fourth-order valence-electron chi connectivity index (χ4n) is 8.00. The summed E-state index contributed by atoms with van der Waals surface area (Å²) in [5.74, 6) is -0.427. The van der Waals surface area contributed by atoms with Crippen LogP contribution in [0.2, 0.25) is 0 Å². The van der Waals surface area contributed by atoms with Gasteiger partial charge in [0.15, 0.2) is 6.10 Å². The minimum Gasteiger partial charge on any atom is -0.462 e. The minimum atomic E-state index is -0.550. The molecule has 0 saturated carbocycles. The minimum absolute atomic E-state index is 0.0683. The third-order valence-corrected chi connectivity index (χ3v) is 12.2. The SMILES string of the molecule is CC/C=C\C/C=C\C/C=C\C/C=C\C/C=C\CCCCCC(=O)OCC(COCCCCCCCCCCCC/C=C\CCCCCCCC)OC(=O)CCCCCCCCCCCCC. The first-order valence-electron chi connectivity index (χ1n) is 28.5. The Labute approximate surface area is 410 Å². The van der Waals surface area contributed by atoms with Crippen LogP contribution in [0.25, 0.3) is 0 Å². The molecule has 0 fully saturated rings. The lowest BCUT2D eigenvalue weighted by Gasteiger charge is -2.18. The highest BCUT2D eigenvalue weighted by molar-refractivity contribution is 5.70. The second kappa shape index (κ2) is 56.7. The lowest BCUT2D eigenvalue weighted by molar-refractivity contribution is -0.163. The van der Waals surface area contributed by atoms with Gasteiger partial charge in [-0.25, -0.2) is 0 Å². The summed E-state index contributed by atoms with van der Waals surface area (Å²) in [5, 5.41) is 0. The lowest BCUT2D eigenvalue weighted by atomic mass is 10.1. The van der Waals surface area contributed by atoms with E-state index in [2.05, 4.69) is 93.7 Å². The van der Waals surface area contributed by atoms with Crippen molar-refractivity contribution in [3.05, 3.63) is 72.9 Å². The second-order valence-electron chi connectivity index (χ2n) is 18.8. The summed E-state index contributed by atoms with van der Waals surface area (Å²) in [7, 11) is 0. The Morgan fingerprint density at radius 2 is 0.682 bits per heavy atom. The Morgan fingerprint density at radius 3 is 1.12 bits per heavy atom. The zero-order valence-corrected chi connectivity index (χ0v) is 44.0. The van der Waals surface area contributed by atoms with E-state index in [-0.39, 0.29) is 25.2 Å². The van der Waals surface area contributed by atoms with Crippen molar-refractivity contribution >= 4 is 11.9 Å². The molecule has 0 aromatic rings. The average molecular weight is 922 g/mol. The quantitative estimate of drug-likeness (QED) is 0.0346. The van der Waals surface area contributed by atoms with Gasteiger partial charge in [0.1, 0.15) is 6.61 Å². The number of carbonyl (C=O) groups is 2. The predicted octanol–water partition coefficient (Wildman–Crippen LogP) is 19.5. The van der Waals surface area contributed by atoms with E-state index in [1.54, 1.807) is 0 Å². The second-order valence-corrected chi connectivity index (χ2v) is 18.8. The van der Waals surface area contributed by atoms with E-state index in [0.29, 0.717) is 19.4 Å². The van der Waals surface area contributed by atoms with Crippen molar-refractivity contribution in [1.29, 1.82) is 0 Å². The summed E-state index contributed by atoms with van der Waals surface area (Å²) >= 11 is 0. The zero-order chi connectivity index (χ0) is 47.7. The van der Waals surface area contributed by atoms with Gasteiger partial charge in [0.05, 0.1) is 6.61 Å². The van der Waals surface area contributed by atoms with Crippen molar-refractivity contribution in [2.75, 3.05) is 19.8 Å². The van der Waals surface area contributed by atoms with Gasteiger partial charge in [-0.2, -0.15) is 0 Å². The van der Waals surface area contributed by atoms with E-state index < -0.39 is 6.10 Å². The molecule has 0 heterocycles. The van der Waals surface area contributed by atoms with Crippen LogP contribution in [0.1, 0.15) is 278 Å². The van der Waals surface area contributed by atoms with Gasteiger partial charge in [0, 0.05) is 19.4 Å². The highest BCUT2D eigenvalue weighted by Gasteiger charge is 2.17. The molecule has 1 unspecified atom stereocenters.